The maximum atomic E-state index is 5.88. The zero-order chi connectivity index (χ0) is 12.1. The molecule has 0 bridgehead atoms. The molecule has 1 aromatic carbocycles. The summed E-state index contributed by atoms with van der Waals surface area (Å²) in [6.45, 7) is 2.05. The van der Waals surface area contributed by atoms with Gasteiger partial charge in [0.05, 0.1) is 29.9 Å². The van der Waals surface area contributed by atoms with Crippen molar-refractivity contribution in [3.8, 4) is 5.75 Å². The SMILES string of the molecule is Clc1ccc(OCCC2OCCCO2)cc1Cl. The fourth-order valence-electron chi connectivity index (χ4n) is 1.54. The predicted molar refractivity (Wildman–Crippen MR) is 66.9 cm³/mol. The average molecular weight is 277 g/mol. The molecule has 0 unspecified atom stereocenters. The molecule has 0 amide bonds. The van der Waals surface area contributed by atoms with E-state index in [2.05, 4.69) is 0 Å². The van der Waals surface area contributed by atoms with Crippen LogP contribution in [0.3, 0.4) is 0 Å². The first-order chi connectivity index (χ1) is 8.25. The number of halogens is 2. The molecule has 0 aromatic heterocycles. The molecule has 1 fully saturated rings. The highest BCUT2D eigenvalue weighted by molar-refractivity contribution is 6.42. The van der Waals surface area contributed by atoms with E-state index in [0.29, 0.717) is 28.8 Å². The molecule has 1 aliphatic rings. The monoisotopic (exact) mass is 276 g/mol. The van der Waals surface area contributed by atoms with Crippen molar-refractivity contribution in [2.75, 3.05) is 19.8 Å². The summed E-state index contributed by atoms with van der Waals surface area (Å²) in [7, 11) is 0. The lowest BCUT2D eigenvalue weighted by atomic mass is 10.3. The van der Waals surface area contributed by atoms with Crippen molar-refractivity contribution in [1.29, 1.82) is 0 Å². The van der Waals surface area contributed by atoms with Gasteiger partial charge in [-0.05, 0) is 18.6 Å². The van der Waals surface area contributed by atoms with E-state index < -0.39 is 0 Å². The van der Waals surface area contributed by atoms with Gasteiger partial charge in [0.2, 0.25) is 0 Å². The molecule has 1 aliphatic heterocycles. The third-order valence-corrected chi connectivity index (χ3v) is 3.15. The van der Waals surface area contributed by atoms with Crippen LogP contribution in [0.15, 0.2) is 18.2 Å². The van der Waals surface area contributed by atoms with Gasteiger partial charge in [0.15, 0.2) is 6.29 Å². The lowest BCUT2D eigenvalue weighted by molar-refractivity contribution is -0.183. The van der Waals surface area contributed by atoms with E-state index >= 15 is 0 Å². The number of hydrogen-bond donors (Lipinski definition) is 0. The third-order valence-electron chi connectivity index (χ3n) is 2.41. The van der Waals surface area contributed by atoms with Crippen molar-refractivity contribution >= 4 is 23.2 Å². The molecule has 17 heavy (non-hydrogen) atoms. The van der Waals surface area contributed by atoms with Crippen molar-refractivity contribution in [2.45, 2.75) is 19.1 Å². The van der Waals surface area contributed by atoms with E-state index in [9.17, 15) is 0 Å². The third kappa shape index (κ3) is 4.03. The molecular formula is C12H14Cl2O3. The number of rotatable bonds is 4. The molecule has 94 valence electrons. The second kappa shape index (κ2) is 6.45. The summed E-state index contributed by atoms with van der Waals surface area (Å²) in [6, 6.07) is 5.20. The molecule has 5 heteroatoms. The Morgan fingerprint density at radius 2 is 1.94 bits per heavy atom. The van der Waals surface area contributed by atoms with E-state index in [1.807, 2.05) is 0 Å². The summed E-state index contributed by atoms with van der Waals surface area (Å²) in [5, 5.41) is 1.02. The number of hydrogen-bond acceptors (Lipinski definition) is 3. The maximum absolute atomic E-state index is 5.88. The Morgan fingerprint density at radius 3 is 2.65 bits per heavy atom. The van der Waals surface area contributed by atoms with Crippen LogP contribution in [-0.2, 0) is 9.47 Å². The highest BCUT2D eigenvalue weighted by Crippen LogP contribution is 2.26. The smallest absolute Gasteiger partial charge is 0.160 e. The van der Waals surface area contributed by atoms with Crippen LogP contribution in [-0.4, -0.2) is 26.1 Å². The van der Waals surface area contributed by atoms with E-state index in [1.165, 1.54) is 0 Å². The fourth-order valence-corrected chi connectivity index (χ4v) is 1.83. The molecule has 3 nitrogen and oxygen atoms in total. The Balaban J connectivity index is 1.75. The highest BCUT2D eigenvalue weighted by Gasteiger charge is 2.13. The Morgan fingerprint density at radius 1 is 1.18 bits per heavy atom. The van der Waals surface area contributed by atoms with Gasteiger partial charge in [-0.25, -0.2) is 0 Å². The summed E-state index contributed by atoms with van der Waals surface area (Å²) < 4.78 is 16.4. The van der Waals surface area contributed by atoms with Crippen molar-refractivity contribution in [3.63, 3.8) is 0 Å². The molecule has 2 rings (SSSR count). The second-order valence-electron chi connectivity index (χ2n) is 3.74. The van der Waals surface area contributed by atoms with Crippen LogP contribution in [0.4, 0.5) is 0 Å². The molecule has 0 spiro atoms. The normalized spacial score (nSPS) is 17.1. The number of ether oxygens (including phenoxy) is 3. The summed E-state index contributed by atoms with van der Waals surface area (Å²) >= 11 is 11.7. The van der Waals surface area contributed by atoms with Crippen LogP contribution >= 0.6 is 23.2 Å². The van der Waals surface area contributed by atoms with Crippen molar-refractivity contribution in [3.05, 3.63) is 28.2 Å². The molecule has 0 radical (unpaired) electrons. The standard InChI is InChI=1S/C12H14Cl2O3/c13-10-3-2-9(8-11(10)14)15-7-4-12-16-5-1-6-17-12/h2-3,8,12H,1,4-7H2. The van der Waals surface area contributed by atoms with Crippen molar-refractivity contribution in [2.24, 2.45) is 0 Å². The largest absolute Gasteiger partial charge is 0.493 e. The molecule has 1 aromatic rings. The van der Waals surface area contributed by atoms with Crippen LogP contribution in [0.2, 0.25) is 10.0 Å². The average Bonchev–Trinajstić information content (AvgIpc) is 2.35. The summed E-state index contributed by atoms with van der Waals surface area (Å²) in [5.74, 6) is 0.704. The summed E-state index contributed by atoms with van der Waals surface area (Å²) in [6.07, 6.45) is 1.52. The van der Waals surface area contributed by atoms with Gasteiger partial charge in [0.25, 0.3) is 0 Å². The van der Waals surface area contributed by atoms with Gasteiger partial charge in [0, 0.05) is 12.5 Å². The van der Waals surface area contributed by atoms with Crippen molar-refractivity contribution < 1.29 is 14.2 Å². The van der Waals surface area contributed by atoms with Crippen LogP contribution in [0.5, 0.6) is 5.75 Å². The fraction of sp³-hybridized carbons (Fsp3) is 0.500. The highest BCUT2D eigenvalue weighted by atomic mass is 35.5. The lowest BCUT2D eigenvalue weighted by Gasteiger charge is -2.23. The maximum Gasteiger partial charge on any atom is 0.160 e. The molecule has 1 heterocycles. The first kappa shape index (κ1) is 13.0. The van der Waals surface area contributed by atoms with E-state index in [-0.39, 0.29) is 6.29 Å². The Hall–Kier alpha value is -0.480. The summed E-state index contributed by atoms with van der Waals surface area (Å²) in [5.41, 5.74) is 0. The van der Waals surface area contributed by atoms with Gasteiger partial charge >= 0.3 is 0 Å². The van der Waals surface area contributed by atoms with Crippen LogP contribution in [0.25, 0.3) is 0 Å². The Kier molecular flexibility index (Phi) is 4.92. The van der Waals surface area contributed by atoms with Gasteiger partial charge in [-0.3, -0.25) is 0 Å². The minimum Gasteiger partial charge on any atom is -0.493 e. The quantitative estimate of drug-likeness (QED) is 0.842. The number of benzene rings is 1. The van der Waals surface area contributed by atoms with Crippen LogP contribution < -0.4 is 4.74 Å². The lowest BCUT2D eigenvalue weighted by Crippen LogP contribution is -2.26. The van der Waals surface area contributed by atoms with E-state index in [0.717, 1.165) is 19.6 Å². The molecule has 1 saturated heterocycles. The molecule has 0 atom stereocenters. The second-order valence-corrected chi connectivity index (χ2v) is 4.55. The van der Waals surface area contributed by atoms with Gasteiger partial charge in [0.1, 0.15) is 5.75 Å². The molecule has 0 aliphatic carbocycles. The first-order valence-electron chi connectivity index (χ1n) is 5.57. The topological polar surface area (TPSA) is 27.7 Å². The molecule has 0 saturated carbocycles. The molecular weight excluding hydrogens is 263 g/mol. The molecule has 0 N–H and O–H groups in total. The van der Waals surface area contributed by atoms with Crippen LogP contribution in [0, 0.1) is 0 Å². The van der Waals surface area contributed by atoms with Crippen molar-refractivity contribution in [1.82, 2.24) is 0 Å². The van der Waals surface area contributed by atoms with E-state index in [1.54, 1.807) is 18.2 Å². The van der Waals surface area contributed by atoms with E-state index in [4.69, 9.17) is 37.4 Å². The zero-order valence-corrected chi connectivity index (χ0v) is 10.8. The minimum atomic E-state index is -0.147. The van der Waals surface area contributed by atoms with Gasteiger partial charge < -0.3 is 14.2 Å². The predicted octanol–water partition coefficient (Wildman–Crippen LogP) is 3.53. The summed E-state index contributed by atoms with van der Waals surface area (Å²) in [4.78, 5) is 0. The Bertz CT molecular complexity index is 365. The zero-order valence-electron chi connectivity index (χ0n) is 9.33. The van der Waals surface area contributed by atoms with Gasteiger partial charge in [-0.1, -0.05) is 23.2 Å². The Labute approximate surface area is 111 Å². The first-order valence-corrected chi connectivity index (χ1v) is 6.32. The van der Waals surface area contributed by atoms with Gasteiger partial charge in [-0.2, -0.15) is 0 Å². The van der Waals surface area contributed by atoms with Gasteiger partial charge in [-0.15, -0.1) is 0 Å². The minimum absolute atomic E-state index is 0.147. The van der Waals surface area contributed by atoms with Crippen LogP contribution in [0.1, 0.15) is 12.8 Å².